The highest BCUT2D eigenvalue weighted by Gasteiger charge is 2.17. The molecular formula is C21H28N3O4S+. The fourth-order valence-electron chi connectivity index (χ4n) is 2.67. The van der Waals surface area contributed by atoms with Crippen LogP contribution in [0.25, 0.3) is 0 Å². The fraction of sp³-hybridized carbons (Fsp3) is 0.286. The SMILES string of the molecule is C=CCOc1ccc(C[NH+](C)CC(=O)Nc2ccc(S(=O)(=O)N(C)C)cc2)cc1. The summed E-state index contributed by atoms with van der Waals surface area (Å²) in [6.45, 7) is 5.06. The van der Waals surface area contributed by atoms with Gasteiger partial charge >= 0.3 is 0 Å². The summed E-state index contributed by atoms with van der Waals surface area (Å²) in [5.74, 6) is 0.639. The third-order valence-electron chi connectivity index (χ3n) is 4.18. The monoisotopic (exact) mass is 418 g/mol. The van der Waals surface area contributed by atoms with E-state index >= 15 is 0 Å². The minimum atomic E-state index is -3.48. The molecular weight excluding hydrogens is 390 g/mol. The van der Waals surface area contributed by atoms with Crippen LogP contribution < -0.4 is 15.0 Å². The number of nitrogens with one attached hydrogen (secondary N) is 2. The molecule has 2 aromatic carbocycles. The molecule has 8 heteroatoms. The average molecular weight is 419 g/mol. The molecule has 2 rings (SSSR count). The Morgan fingerprint density at radius 2 is 1.76 bits per heavy atom. The van der Waals surface area contributed by atoms with Gasteiger partial charge in [0.1, 0.15) is 18.9 Å². The number of hydrogen-bond donors (Lipinski definition) is 2. The summed E-state index contributed by atoms with van der Waals surface area (Å²) in [7, 11) is 1.41. The molecule has 29 heavy (non-hydrogen) atoms. The first-order valence-electron chi connectivity index (χ1n) is 9.18. The minimum absolute atomic E-state index is 0.142. The summed E-state index contributed by atoms with van der Waals surface area (Å²) in [6.07, 6.45) is 1.69. The predicted molar refractivity (Wildman–Crippen MR) is 114 cm³/mol. The summed E-state index contributed by atoms with van der Waals surface area (Å²) in [5, 5.41) is 2.80. The summed E-state index contributed by atoms with van der Waals surface area (Å²) in [5.41, 5.74) is 1.66. The Morgan fingerprint density at radius 1 is 1.14 bits per heavy atom. The summed E-state index contributed by atoms with van der Waals surface area (Å²) in [6, 6.07) is 13.9. The van der Waals surface area contributed by atoms with E-state index in [4.69, 9.17) is 4.74 Å². The van der Waals surface area contributed by atoms with Crippen molar-refractivity contribution in [1.82, 2.24) is 4.31 Å². The van der Waals surface area contributed by atoms with Crippen molar-refractivity contribution in [2.24, 2.45) is 0 Å². The zero-order valence-electron chi connectivity index (χ0n) is 17.0. The normalized spacial score (nSPS) is 12.4. The van der Waals surface area contributed by atoms with Crippen molar-refractivity contribution in [3.05, 3.63) is 66.7 Å². The van der Waals surface area contributed by atoms with Gasteiger partial charge in [0.25, 0.3) is 5.91 Å². The molecule has 0 spiro atoms. The molecule has 0 saturated heterocycles. The number of hydrogen-bond acceptors (Lipinski definition) is 4. The van der Waals surface area contributed by atoms with Crippen LogP contribution in [0.4, 0.5) is 5.69 Å². The number of anilines is 1. The number of rotatable bonds is 10. The third-order valence-corrected chi connectivity index (χ3v) is 6.01. The maximum Gasteiger partial charge on any atom is 0.279 e. The fourth-order valence-corrected chi connectivity index (χ4v) is 3.57. The van der Waals surface area contributed by atoms with Gasteiger partial charge < -0.3 is 15.0 Å². The van der Waals surface area contributed by atoms with Crippen LogP contribution in [-0.4, -0.2) is 52.9 Å². The van der Waals surface area contributed by atoms with Gasteiger partial charge in [0, 0.05) is 25.3 Å². The maximum absolute atomic E-state index is 12.3. The highest BCUT2D eigenvalue weighted by molar-refractivity contribution is 7.89. The molecule has 0 aliphatic heterocycles. The molecule has 0 saturated carbocycles. The lowest BCUT2D eigenvalue weighted by molar-refractivity contribution is -0.885. The topological polar surface area (TPSA) is 80.1 Å². The molecule has 1 unspecified atom stereocenters. The highest BCUT2D eigenvalue weighted by Crippen LogP contribution is 2.16. The molecule has 0 aliphatic carbocycles. The summed E-state index contributed by atoms with van der Waals surface area (Å²) < 4.78 is 30.8. The molecule has 156 valence electrons. The lowest BCUT2D eigenvalue weighted by Crippen LogP contribution is -3.08. The zero-order chi connectivity index (χ0) is 21.4. The number of carbonyl (C=O) groups is 1. The molecule has 2 aromatic rings. The summed E-state index contributed by atoms with van der Waals surface area (Å²) >= 11 is 0. The van der Waals surface area contributed by atoms with E-state index in [1.54, 1.807) is 18.2 Å². The van der Waals surface area contributed by atoms with Gasteiger partial charge in [-0.15, -0.1) is 0 Å². The number of carbonyl (C=O) groups excluding carboxylic acids is 1. The van der Waals surface area contributed by atoms with Crippen molar-refractivity contribution >= 4 is 21.6 Å². The number of sulfonamides is 1. The standard InChI is InChI=1S/C21H27N3O4S/c1-5-14-28-19-10-6-17(7-11-19)15-24(4)16-21(25)22-18-8-12-20(13-9-18)29(26,27)23(2)3/h5-13H,1,14-16H2,2-4H3,(H,22,25)/p+1. The second kappa shape index (κ2) is 10.2. The van der Waals surface area contributed by atoms with Crippen molar-refractivity contribution in [3.63, 3.8) is 0 Å². The Bertz CT molecular complexity index is 923. The van der Waals surface area contributed by atoms with Crippen LogP contribution in [0.5, 0.6) is 5.75 Å². The van der Waals surface area contributed by atoms with Crippen LogP contribution >= 0.6 is 0 Å². The first kappa shape index (κ1) is 22.6. The predicted octanol–water partition coefficient (Wildman–Crippen LogP) is 1.16. The average Bonchev–Trinajstić information content (AvgIpc) is 2.67. The van der Waals surface area contributed by atoms with Crippen LogP contribution in [0.15, 0.2) is 66.1 Å². The third kappa shape index (κ3) is 6.70. The quantitative estimate of drug-likeness (QED) is 0.568. The largest absolute Gasteiger partial charge is 0.490 e. The Hall–Kier alpha value is -2.68. The van der Waals surface area contributed by atoms with E-state index in [1.807, 2.05) is 31.3 Å². The van der Waals surface area contributed by atoms with Crippen LogP contribution in [0.1, 0.15) is 5.56 Å². The Kier molecular flexibility index (Phi) is 7.95. The number of likely N-dealkylation sites (N-methyl/N-ethyl adjacent to an activating group) is 1. The minimum Gasteiger partial charge on any atom is -0.490 e. The maximum atomic E-state index is 12.3. The zero-order valence-corrected chi connectivity index (χ0v) is 17.8. The van der Waals surface area contributed by atoms with Crippen LogP contribution in [0, 0.1) is 0 Å². The van der Waals surface area contributed by atoms with E-state index < -0.39 is 10.0 Å². The van der Waals surface area contributed by atoms with Gasteiger partial charge in [0.15, 0.2) is 6.54 Å². The molecule has 0 fully saturated rings. The Balaban J connectivity index is 1.87. The van der Waals surface area contributed by atoms with E-state index in [-0.39, 0.29) is 17.3 Å². The van der Waals surface area contributed by atoms with Crippen molar-refractivity contribution in [2.45, 2.75) is 11.4 Å². The van der Waals surface area contributed by atoms with Crippen LogP contribution in [0.3, 0.4) is 0 Å². The van der Waals surface area contributed by atoms with Gasteiger partial charge in [-0.2, -0.15) is 0 Å². The van der Waals surface area contributed by atoms with Gasteiger partial charge in [-0.3, -0.25) is 4.79 Å². The highest BCUT2D eigenvalue weighted by atomic mass is 32.2. The van der Waals surface area contributed by atoms with Gasteiger partial charge in [0.2, 0.25) is 10.0 Å². The number of quaternary nitrogens is 1. The van der Waals surface area contributed by atoms with Crippen molar-refractivity contribution < 1.29 is 22.8 Å². The van der Waals surface area contributed by atoms with Gasteiger partial charge in [0.05, 0.1) is 11.9 Å². The van der Waals surface area contributed by atoms with E-state index in [9.17, 15) is 13.2 Å². The number of amides is 1. The van der Waals surface area contributed by atoms with E-state index in [0.29, 0.717) is 18.8 Å². The van der Waals surface area contributed by atoms with E-state index in [2.05, 4.69) is 11.9 Å². The van der Waals surface area contributed by atoms with Gasteiger partial charge in [-0.25, -0.2) is 12.7 Å². The van der Waals surface area contributed by atoms with Crippen molar-refractivity contribution in [3.8, 4) is 5.75 Å². The first-order valence-corrected chi connectivity index (χ1v) is 10.6. The molecule has 0 radical (unpaired) electrons. The summed E-state index contributed by atoms with van der Waals surface area (Å²) in [4.78, 5) is 13.5. The van der Waals surface area contributed by atoms with Crippen LogP contribution in [-0.2, 0) is 21.4 Å². The number of nitrogens with zero attached hydrogens (tertiary/aromatic N) is 1. The van der Waals surface area contributed by atoms with Crippen LogP contribution in [0.2, 0.25) is 0 Å². The van der Waals surface area contributed by atoms with Crippen molar-refractivity contribution in [1.29, 1.82) is 0 Å². The molecule has 0 heterocycles. The Morgan fingerprint density at radius 3 is 2.31 bits per heavy atom. The van der Waals surface area contributed by atoms with E-state index in [0.717, 1.165) is 20.5 Å². The molecule has 2 N–H and O–H groups in total. The Labute approximate surface area is 172 Å². The smallest absolute Gasteiger partial charge is 0.279 e. The molecule has 0 bridgehead atoms. The molecule has 0 aliphatic rings. The lowest BCUT2D eigenvalue weighted by atomic mass is 10.2. The van der Waals surface area contributed by atoms with Gasteiger partial charge in [-0.05, 0) is 48.5 Å². The number of benzene rings is 2. The molecule has 1 amide bonds. The van der Waals surface area contributed by atoms with E-state index in [1.165, 1.54) is 26.2 Å². The number of ether oxygens (including phenoxy) is 1. The lowest BCUT2D eigenvalue weighted by Gasteiger charge is -2.15. The molecule has 7 nitrogen and oxygen atoms in total. The second-order valence-electron chi connectivity index (χ2n) is 6.91. The molecule has 0 aromatic heterocycles. The van der Waals surface area contributed by atoms with Gasteiger partial charge in [-0.1, -0.05) is 12.7 Å². The first-order chi connectivity index (χ1) is 13.7. The molecule has 1 atom stereocenters. The van der Waals surface area contributed by atoms with Crippen molar-refractivity contribution in [2.75, 3.05) is 39.6 Å². The second-order valence-corrected chi connectivity index (χ2v) is 9.07.